The molecule has 0 fully saturated rings. The second-order valence-corrected chi connectivity index (χ2v) is 32.3. The number of Topliss-reactive ketones (excluding diaryl/α,β-unsaturated/α-hetero) is 2. The van der Waals surface area contributed by atoms with E-state index in [1.54, 1.807) is 106 Å². The van der Waals surface area contributed by atoms with Gasteiger partial charge in [-0.25, -0.2) is 14.4 Å². The second-order valence-electron chi connectivity index (χ2n) is 29.6. The zero-order valence-corrected chi connectivity index (χ0v) is 89.2. The van der Waals surface area contributed by atoms with Crippen LogP contribution in [0.5, 0.6) is 0 Å². The third-order valence-corrected chi connectivity index (χ3v) is 19.9. The Labute approximate surface area is 846 Å². The molecule has 5 aliphatic carbocycles. The van der Waals surface area contributed by atoms with Crippen LogP contribution < -0.4 is 10.9 Å². The van der Waals surface area contributed by atoms with Gasteiger partial charge in [0.2, 0.25) is 0 Å². The van der Waals surface area contributed by atoms with Crippen molar-refractivity contribution in [3.05, 3.63) is 355 Å². The molecule has 14 rings (SSSR count). The molecule has 4 aromatic carbocycles. The SMILES string of the molecule is CC.CC.CC.CC.CC(=O)C1=CC(c2ccccc2)=C(c2ccncc2)C1.CC(=O)C1=CC(c2ccncc2)=C(c2ccccc2)C1.CC(C)(C)OC(=O)C1=CC(Br)=C(Br)C1.CC(C)(C)OC(=O)C1=CC(Br)=C(c2ccncc2)C1.CC(C)(C)OC(=O)C1=CC(c2ccccc2)=C(c2ccncc2)C1.CO.CO.CO.CO.OB(O)c1ccccc1.OB(O)c1ccncc1.[O]=[Pd].[O]=[Pd]. The minimum atomic E-state index is -1.38. The van der Waals surface area contributed by atoms with Crippen molar-refractivity contribution in [1.82, 2.24) is 24.9 Å². The van der Waals surface area contributed by atoms with Crippen molar-refractivity contribution >= 4 is 141 Å². The first-order valence-electron chi connectivity index (χ1n) is 43.1. The summed E-state index contributed by atoms with van der Waals surface area (Å²) >= 11 is 13.2. The number of aliphatic hydroxyl groups excluding tert-OH is 4. The number of carbonyl (C=O) groups excluding carboxylic acids is 5. The van der Waals surface area contributed by atoms with Crippen molar-refractivity contribution in [3.63, 3.8) is 0 Å². The Balaban J connectivity index is -0.00000148. The van der Waals surface area contributed by atoms with Gasteiger partial charge in [-0.15, -0.1) is 0 Å². The van der Waals surface area contributed by atoms with Crippen LogP contribution in [-0.4, -0.2) is 154 Å². The quantitative estimate of drug-likeness (QED) is 0.0285. The van der Waals surface area contributed by atoms with Crippen LogP contribution >= 0.6 is 47.8 Å². The summed E-state index contributed by atoms with van der Waals surface area (Å²) in [6.45, 7) is 36.1. The van der Waals surface area contributed by atoms with E-state index in [2.05, 4.69) is 109 Å². The summed E-state index contributed by atoms with van der Waals surface area (Å²) in [7, 11) is 1.28. The Morgan fingerprint density at radius 1 is 0.289 bits per heavy atom. The number of esters is 3. The average Bonchev–Trinajstić information content (AvgIpc) is 1.68. The maximum absolute atomic E-state index is 12.5. The van der Waals surface area contributed by atoms with E-state index in [0.717, 1.165) is 114 Å². The van der Waals surface area contributed by atoms with Crippen LogP contribution in [0.15, 0.2) is 316 Å². The van der Waals surface area contributed by atoms with Gasteiger partial charge >= 0.3 is 77.4 Å². The Hall–Kier alpha value is -10.0. The van der Waals surface area contributed by atoms with Crippen molar-refractivity contribution < 1.29 is 124 Å². The van der Waals surface area contributed by atoms with Gasteiger partial charge in [-0.3, -0.25) is 34.5 Å². The van der Waals surface area contributed by atoms with E-state index in [4.69, 9.17) is 61.7 Å². The van der Waals surface area contributed by atoms with Gasteiger partial charge in [0.25, 0.3) is 0 Å². The van der Waals surface area contributed by atoms with Gasteiger partial charge in [0.1, 0.15) is 16.8 Å². The molecule has 135 heavy (non-hydrogen) atoms. The van der Waals surface area contributed by atoms with Crippen molar-refractivity contribution in [1.29, 1.82) is 0 Å². The second kappa shape index (κ2) is 74.2. The molecule has 0 spiro atoms. The van der Waals surface area contributed by atoms with Gasteiger partial charge in [-0.05, 0) is 283 Å². The molecular weight excluding hydrogens is 2090 g/mol. The molecular formula is C105H132B2Br3N5O18Pd2. The monoisotopic (exact) mass is 2220 g/mol. The van der Waals surface area contributed by atoms with Gasteiger partial charge in [0, 0.05) is 153 Å². The normalized spacial score (nSPS) is 12.4. The first-order valence-corrected chi connectivity index (χ1v) is 46.7. The third-order valence-electron chi connectivity index (χ3n) is 17.3. The summed E-state index contributed by atoms with van der Waals surface area (Å²) < 4.78 is 35.2. The Morgan fingerprint density at radius 2 is 0.496 bits per heavy atom. The van der Waals surface area contributed by atoms with Crippen molar-refractivity contribution in [2.75, 3.05) is 28.4 Å². The molecule has 30 heteroatoms. The number of hydrogen-bond acceptors (Lipinski definition) is 23. The molecule has 23 nitrogen and oxygen atoms in total. The zero-order chi connectivity index (χ0) is 103. The van der Waals surface area contributed by atoms with Crippen LogP contribution in [0.3, 0.4) is 0 Å². The van der Waals surface area contributed by atoms with Gasteiger partial charge < -0.3 is 54.7 Å². The molecule has 0 aliphatic heterocycles. The predicted octanol–water partition coefficient (Wildman–Crippen LogP) is 20.4. The van der Waals surface area contributed by atoms with Gasteiger partial charge in [-0.1, -0.05) is 209 Å². The first kappa shape index (κ1) is 129. The molecule has 0 radical (unpaired) electrons. The molecule has 0 saturated carbocycles. The topological polar surface area (TPSA) is 373 Å². The van der Waals surface area contributed by atoms with Gasteiger partial charge in [0.05, 0.1) is 0 Å². The first-order chi connectivity index (χ1) is 64.7. The summed E-state index contributed by atoms with van der Waals surface area (Å²) in [6.07, 6.45) is 30.0. The minimum absolute atomic E-state index is 0.141. The van der Waals surface area contributed by atoms with E-state index in [1.807, 2.05) is 251 Å². The van der Waals surface area contributed by atoms with E-state index in [9.17, 15) is 24.0 Å². The summed E-state index contributed by atoms with van der Waals surface area (Å²) in [5.41, 5.74) is 19.2. The number of nitrogens with zero attached hydrogens (tertiary/aromatic N) is 5. The predicted molar refractivity (Wildman–Crippen MR) is 550 cm³/mol. The number of benzene rings is 4. The summed E-state index contributed by atoms with van der Waals surface area (Å²) in [6, 6.07) is 58.1. The summed E-state index contributed by atoms with van der Waals surface area (Å²) in [4.78, 5) is 79.4. The fourth-order valence-electron chi connectivity index (χ4n) is 11.8. The fraction of sp³-hybridized carbons (Fsp3) is 0.295. The van der Waals surface area contributed by atoms with Crippen LogP contribution in [0.25, 0.3) is 39.0 Å². The zero-order valence-electron chi connectivity index (χ0n) is 81.3. The van der Waals surface area contributed by atoms with Crippen LogP contribution in [0.1, 0.15) is 203 Å². The Morgan fingerprint density at radius 3 is 0.756 bits per heavy atom. The molecule has 5 heterocycles. The van der Waals surface area contributed by atoms with E-state index in [1.165, 1.54) is 67.4 Å². The molecule has 5 aromatic heterocycles. The number of halogens is 3. The molecule has 0 unspecified atom stereocenters. The number of pyridine rings is 5. The van der Waals surface area contributed by atoms with Crippen LogP contribution in [-0.2, 0) is 83.4 Å². The van der Waals surface area contributed by atoms with Gasteiger partial charge in [-0.2, -0.15) is 0 Å². The molecule has 732 valence electrons. The molecule has 0 atom stereocenters. The van der Waals surface area contributed by atoms with E-state index in [-0.39, 0.29) is 29.5 Å². The number of allylic oxidation sites excluding steroid dienone is 17. The summed E-state index contributed by atoms with van der Waals surface area (Å²) in [5, 5.41) is 62.3. The number of rotatable bonds is 14. The van der Waals surface area contributed by atoms with Crippen molar-refractivity contribution in [3.8, 4) is 0 Å². The molecule has 0 saturated heterocycles. The fourth-order valence-corrected chi connectivity index (χ4v) is 13.3. The molecule has 0 amide bonds. The van der Waals surface area contributed by atoms with Crippen molar-refractivity contribution in [2.24, 2.45) is 0 Å². The number of ketones is 2. The third kappa shape index (κ3) is 49.5. The average molecular weight is 2230 g/mol. The van der Waals surface area contributed by atoms with Crippen LogP contribution in [0.4, 0.5) is 0 Å². The standard InChI is InChI=1S/C21H21NO2.2C18H15NO.C15H16BrNO2.C10H12Br2O2.C6H7BO2.C5H6BNO2.4C2H6.4CH4O.2O.2Pd/c1-21(2,3)24-20(23)17-13-18(15-7-5-4-6-8-15)19(14-17)16-9-11-22-12-10-16;2*1-13(20)16-11-17(14-5-3-2-4-6-14)18(12-16)15-7-9-19-10-8-15;1-15(2,3)19-14(18)11-8-12(13(16)9-11)10-4-6-17-7-5-10;1-10(2,3)14-9(13)6-4-7(11)8(12)5-6;8-7(9)6-4-2-1-3-5-6;8-6(9)5-1-3-7-4-2-5;8*1-2;;;;/h4-13H,14H2,1-3H3;2-10,12H,11H2,1H3;2-11H,12H2,1H3;4-7,9H,8H2,1-3H3;4H,5H2,1-3H3;1-5,8-9H;1-4,8-9H;4*1-2H3;4*2H,1H3;;;;. The van der Waals surface area contributed by atoms with Crippen molar-refractivity contribution in [2.45, 2.75) is 180 Å². The molecule has 0 bridgehead atoms. The number of ether oxygens (including phenoxy) is 3. The Bertz CT molecular complexity index is 5080. The van der Waals surface area contributed by atoms with Gasteiger partial charge in [0.15, 0.2) is 11.6 Å². The van der Waals surface area contributed by atoms with Crippen LogP contribution in [0.2, 0.25) is 0 Å². The van der Waals surface area contributed by atoms with Crippen LogP contribution in [0, 0.1) is 0 Å². The summed E-state index contributed by atoms with van der Waals surface area (Å²) in [5.74, 6) is -0.470. The number of aliphatic hydroxyl groups is 4. The Kier molecular flexibility index (Phi) is 70.9. The number of hydrogen-bond donors (Lipinski definition) is 8. The number of aromatic nitrogens is 5. The molecule has 8 N–H and O–H groups in total. The molecule has 5 aliphatic rings. The maximum atomic E-state index is 12.5. The number of carbonyl (C=O) groups is 5. The van der Waals surface area contributed by atoms with E-state index < -0.39 is 31.0 Å². The molecule has 9 aromatic rings. The van der Waals surface area contributed by atoms with E-state index >= 15 is 0 Å². The van der Waals surface area contributed by atoms with E-state index in [0.29, 0.717) is 59.7 Å².